The predicted molar refractivity (Wildman–Crippen MR) is 307 cm³/mol. The second-order valence-electron chi connectivity index (χ2n) is 20.1. The minimum Gasteiger partial charge on any atom is -0.462 e. The summed E-state index contributed by atoms with van der Waals surface area (Å²) >= 11 is 0. The van der Waals surface area contributed by atoms with E-state index in [2.05, 4.69) is 81.5 Å². The van der Waals surface area contributed by atoms with Gasteiger partial charge in [-0.2, -0.15) is 0 Å². The number of hydrogen-bond acceptors (Lipinski definition) is 10. The molecule has 0 bridgehead atoms. The van der Waals surface area contributed by atoms with Crippen LogP contribution in [0.2, 0.25) is 0 Å². The van der Waals surface area contributed by atoms with E-state index in [-0.39, 0.29) is 25.9 Å². The molecule has 2 N–H and O–H groups in total. The van der Waals surface area contributed by atoms with Crippen LogP contribution in [0.5, 0.6) is 0 Å². The van der Waals surface area contributed by atoms with Gasteiger partial charge in [-0.25, -0.2) is 4.57 Å². The van der Waals surface area contributed by atoms with Crippen LogP contribution >= 0.6 is 7.82 Å². The molecule has 0 radical (unpaired) electrons. The highest BCUT2D eigenvalue weighted by Gasteiger charge is 2.28. The van der Waals surface area contributed by atoms with Crippen LogP contribution < -0.4 is 0 Å². The minimum atomic E-state index is -4.76. The Kier molecular flexibility index (Phi) is 54.2. The molecule has 3 atom stereocenters. The van der Waals surface area contributed by atoms with Crippen LogP contribution in [-0.2, 0) is 42.2 Å². The second-order valence-corrected chi connectivity index (χ2v) is 21.6. The van der Waals surface area contributed by atoms with Gasteiger partial charge < -0.3 is 24.2 Å². The number of aliphatic hydroxyl groups is 1. The highest BCUT2D eigenvalue weighted by atomic mass is 31.2. The summed E-state index contributed by atoms with van der Waals surface area (Å²) in [5.74, 6) is -1.50. The average molecular weight is 1060 g/mol. The van der Waals surface area contributed by atoms with E-state index < -0.39 is 57.8 Å². The highest BCUT2D eigenvalue weighted by molar-refractivity contribution is 7.47. The molecule has 0 saturated heterocycles. The molecular weight excluding hydrogens is 952 g/mol. The van der Waals surface area contributed by atoms with Gasteiger partial charge in [0.25, 0.3) is 0 Å². The van der Waals surface area contributed by atoms with Gasteiger partial charge in [-0.15, -0.1) is 0 Å². The lowest BCUT2D eigenvalue weighted by molar-refractivity contribution is -0.161. The summed E-state index contributed by atoms with van der Waals surface area (Å²) in [6.45, 7) is 4.50. The van der Waals surface area contributed by atoms with Gasteiger partial charge in [-0.1, -0.05) is 236 Å². The van der Waals surface area contributed by atoms with Crippen molar-refractivity contribution in [3.05, 3.63) is 60.8 Å². The van der Waals surface area contributed by atoms with Crippen LogP contribution in [0.15, 0.2) is 60.8 Å². The van der Waals surface area contributed by atoms with Gasteiger partial charge in [0, 0.05) is 19.3 Å². The normalized spacial score (nSPS) is 13.7. The lowest BCUT2D eigenvalue weighted by Gasteiger charge is -2.21. The Balaban J connectivity index is 4.71. The SMILES string of the molecule is CC/C=C\C/C=C\C/C=C\C/C=C\CCCCC(=O)OC(CO)COP(=O)(O)OCC(COC(=O)CCCCCCC/C=C\CCCCCC)OC(=O)CCCCCCCCCCCCCCCCCCCCC. The summed E-state index contributed by atoms with van der Waals surface area (Å²) in [7, 11) is -4.76. The van der Waals surface area contributed by atoms with Crippen LogP contribution in [0, 0.1) is 0 Å². The van der Waals surface area contributed by atoms with Gasteiger partial charge in [0.1, 0.15) is 12.7 Å². The van der Waals surface area contributed by atoms with Crippen LogP contribution in [-0.4, -0.2) is 66.5 Å². The van der Waals surface area contributed by atoms with Crippen LogP contribution in [0.3, 0.4) is 0 Å². The molecule has 430 valence electrons. The molecule has 0 rings (SSSR count). The molecule has 0 aromatic heterocycles. The van der Waals surface area contributed by atoms with E-state index >= 15 is 0 Å². The summed E-state index contributed by atoms with van der Waals surface area (Å²) in [6.07, 6.45) is 61.8. The van der Waals surface area contributed by atoms with Gasteiger partial charge in [0.05, 0.1) is 19.8 Å². The standard InChI is InChI=1S/C62H111O11P/c1-4-7-10-13-16-19-22-25-27-28-29-30-32-35-38-41-44-47-50-53-62(66)73-59(55-69-60(64)51-48-45-42-39-36-33-24-21-18-15-12-9-6-3)57-71-74(67,68)70-56-58(54-63)72-61(65)52-49-46-43-40-37-34-31-26-23-20-17-14-11-8-5-2/h8,11,17,20-21,24,26,31,37,40,58-59,63H,4-7,9-10,12-16,18-19,22-23,25,27-30,32-36,38-39,41-57H2,1-3H3,(H,67,68)/b11-8-,20-17-,24-21-,31-26-,40-37-. The van der Waals surface area contributed by atoms with Gasteiger partial charge in [-0.05, 0) is 83.5 Å². The van der Waals surface area contributed by atoms with E-state index in [1.807, 2.05) is 0 Å². The maximum Gasteiger partial charge on any atom is 0.472 e. The summed E-state index contributed by atoms with van der Waals surface area (Å²) in [4.78, 5) is 48.6. The lowest BCUT2D eigenvalue weighted by atomic mass is 10.0. The summed E-state index contributed by atoms with van der Waals surface area (Å²) < 4.78 is 39.5. The van der Waals surface area contributed by atoms with E-state index in [0.29, 0.717) is 19.3 Å². The molecule has 3 unspecified atom stereocenters. The van der Waals surface area contributed by atoms with Crippen molar-refractivity contribution in [2.24, 2.45) is 0 Å². The van der Waals surface area contributed by atoms with E-state index in [4.69, 9.17) is 23.3 Å². The largest absolute Gasteiger partial charge is 0.472 e. The average Bonchev–Trinajstić information content (AvgIpc) is 3.39. The molecule has 0 heterocycles. The number of phosphoric acid groups is 1. The predicted octanol–water partition coefficient (Wildman–Crippen LogP) is 17.9. The molecule has 0 aliphatic carbocycles. The van der Waals surface area contributed by atoms with Crippen molar-refractivity contribution >= 4 is 25.7 Å². The lowest BCUT2D eigenvalue weighted by Crippen LogP contribution is -2.30. The van der Waals surface area contributed by atoms with Gasteiger partial charge in [0.2, 0.25) is 0 Å². The number of carbonyl (C=O) groups is 3. The molecule has 0 aliphatic rings. The van der Waals surface area contributed by atoms with Crippen molar-refractivity contribution in [2.75, 3.05) is 26.4 Å². The van der Waals surface area contributed by atoms with Crippen molar-refractivity contribution in [3.8, 4) is 0 Å². The first-order chi connectivity index (χ1) is 36.2. The Hall–Kier alpha value is -2.82. The third-order valence-electron chi connectivity index (χ3n) is 12.9. The smallest absolute Gasteiger partial charge is 0.462 e. The number of hydrogen-bond donors (Lipinski definition) is 2. The Labute approximate surface area is 453 Å². The van der Waals surface area contributed by atoms with Crippen LogP contribution in [0.4, 0.5) is 0 Å². The molecule has 11 nitrogen and oxygen atoms in total. The molecule has 74 heavy (non-hydrogen) atoms. The highest BCUT2D eigenvalue weighted by Crippen LogP contribution is 2.43. The van der Waals surface area contributed by atoms with Crippen molar-refractivity contribution < 1.29 is 52.2 Å². The second kappa shape index (κ2) is 56.4. The Morgan fingerprint density at radius 2 is 0.703 bits per heavy atom. The van der Waals surface area contributed by atoms with E-state index in [1.54, 1.807) is 0 Å². The quantitative estimate of drug-likeness (QED) is 0.0197. The maximum absolute atomic E-state index is 12.9. The van der Waals surface area contributed by atoms with Crippen LogP contribution in [0.1, 0.15) is 278 Å². The zero-order valence-electron chi connectivity index (χ0n) is 47.6. The summed E-state index contributed by atoms with van der Waals surface area (Å²) in [5.41, 5.74) is 0. The number of phosphoric ester groups is 1. The molecule has 0 aliphatic heterocycles. The summed E-state index contributed by atoms with van der Waals surface area (Å²) in [6, 6.07) is 0. The first-order valence-corrected chi connectivity index (χ1v) is 31.7. The maximum atomic E-state index is 12.9. The van der Waals surface area contributed by atoms with Crippen molar-refractivity contribution in [2.45, 2.75) is 290 Å². The first kappa shape index (κ1) is 71.2. The Morgan fingerprint density at radius 3 is 1.14 bits per heavy atom. The molecule has 0 aromatic rings. The third-order valence-corrected chi connectivity index (χ3v) is 13.9. The monoisotopic (exact) mass is 1060 g/mol. The zero-order chi connectivity index (χ0) is 54.1. The van der Waals surface area contributed by atoms with E-state index in [9.17, 15) is 28.9 Å². The molecule has 0 aromatic carbocycles. The molecular formula is C62H111O11P. The fraction of sp³-hybridized carbons (Fsp3) is 0.790. The molecule has 0 fully saturated rings. The number of esters is 3. The van der Waals surface area contributed by atoms with Crippen molar-refractivity contribution in [1.82, 2.24) is 0 Å². The molecule has 12 heteroatoms. The van der Waals surface area contributed by atoms with E-state index in [0.717, 1.165) is 96.3 Å². The van der Waals surface area contributed by atoms with Crippen LogP contribution in [0.25, 0.3) is 0 Å². The minimum absolute atomic E-state index is 0.125. The van der Waals surface area contributed by atoms with Crippen molar-refractivity contribution in [3.63, 3.8) is 0 Å². The third kappa shape index (κ3) is 54.0. The van der Waals surface area contributed by atoms with E-state index in [1.165, 1.54) is 122 Å². The zero-order valence-corrected chi connectivity index (χ0v) is 48.5. The first-order valence-electron chi connectivity index (χ1n) is 30.2. The fourth-order valence-electron chi connectivity index (χ4n) is 8.34. The number of unbranched alkanes of at least 4 members (excludes halogenated alkanes) is 29. The Morgan fingerprint density at radius 1 is 0.392 bits per heavy atom. The van der Waals surface area contributed by atoms with Gasteiger partial charge >= 0.3 is 25.7 Å². The van der Waals surface area contributed by atoms with Gasteiger partial charge in [0.15, 0.2) is 6.10 Å². The number of rotatable bonds is 56. The summed E-state index contributed by atoms with van der Waals surface area (Å²) in [5, 5.41) is 9.81. The van der Waals surface area contributed by atoms with Gasteiger partial charge in [-0.3, -0.25) is 23.4 Å². The molecule has 0 spiro atoms. The fourth-order valence-corrected chi connectivity index (χ4v) is 9.13. The Bertz CT molecular complexity index is 1470. The molecule has 0 amide bonds. The topological polar surface area (TPSA) is 155 Å². The number of ether oxygens (including phenoxy) is 3. The van der Waals surface area contributed by atoms with Crippen molar-refractivity contribution in [1.29, 1.82) is 0 Å². The number of allylic oxidation sites excluding steroid dienone is 10. The molecule has 0 saturated carbocycles. The number of aliphatic hydroxyl groups excluding tert-OH is 1. The number of carbonyl (C=O) groups excluding carboxylic acids is 3.